The number of rotatable bonds is 3. The van der Waals surface area contributed by atoms with Crippen molar-refractivity contribution in [1.82, 2.24) is 0 Å². The normalized spacial score (nSPS) is 9.94. The highest BCUT2D eigenvalue weighted by Gasteiger charge is 2.13. The van der Waals surface area contributed by atoms with E-state index in [0.29, 0.717) is 5.69 Å². The van der Waals surface area contributed by atoms with E-state index in [1.807, 2.05) is 24.3 Å². The van der Waals surface area contributed by atoms with Crippen LogP contribution in [-0.4, -0.2) is 0 Å². The van der Waals surface area contributed by atoms with Crippen molar-refractivity contribution < 1.29 is 0 Å². The zero-order chi connectivity index (χ0) is 13.6. The maximum Gasteiger partial charge on any atom is 0.0453 e. The lowest BCUT2D eigenvalue weighted by Crippen LogP contribution is -2.05. The molecule has 0 heterocycles. The molecular weight excluding hydrogens is 222 g/mol. The average Bonchev–Trinajstić information content (AvgIpc) is 2.30. The molecule has 0 N–H and O–H groups in total. The lowest BCUT2D eigenvalue weighted by molar-refractivity contribution is 0.518. The van der Waals surface area contributed by atoms with E-state index in [0.717, 1.165) is 11.1 Å². The van der Waals surface area contributed by atoms with Crippen molar-refractivity contribution in [1.29, 1.82) is 0 Å². The van der Waals surface area contributed by atoms with Gasteiger partial charge in [0.2, 0.25) is 0 Å². The maximum atomic E-state index is 8.50. The van der Waals surface area contributed by atoms with Crippen LogP contribution in [0.25, 0.3) is 16.5 Å². The van der Waals surface area contributed by atoms with Gasteiger partial charge in [0.25, 0.3) is 0 Å². The largest absolute Gasteiger partial charge is 0.116 e. The molecule has 3 nitrogen and oxygen atoms in total. The van der Waals surface area contributed by atoms with Crippen LogP contribution < -0.4 is 0 Å². The number of azide groups is 1. The van der Waals surface area contributed by atoms with Crippen molar-refractivity contribution in [3.8, 4) is 0 Å². The van der Waals surface area contributed by atoms with Crippen LogP contribution >= 0.6 is 0 Å². The van der Waals surface area contributed by atoms with Gasteiger partial charge in [0.05, 0.1) is 0 Å². The van der Waals surface area contributed by atoms with Crippen LogP contribution in [0.2, 0.25) is 0 Å². The molecule has 0 aliphatic heterocycles. The predicted octanol–water partition coefficient (Wildman–Crippen LogP) is 5.40. The zero-order valence-electron chi connectivity index (χ0n) is 11.0. The van der Waals surface area contributed by atoms with Gasteiger partial charge in [-0.1, -0.05) is 62.8 Å². The first-order valence-corrected chi connectivity index (χ1v) is 5.73. The Bertz CT molecular complexity index is 549. The summed E-state index contributed by atoms with van der Waals surface area (Å²) in [6.07, 6.45) is 3.62. The van der Waals surface area contributed by atoms with Crippen LogP contribution in [0.4, 0.5) is 5.69 Å². The van der Waals surface area contributed by atoms with Crippen molar-refractivity contribution >= 4 is 11.8 Å². The Hall–Kier alpha value is -2.21. The summed E-state index contributed by atoms with van der Waals surface area (Å²) in [5.74, 6) is 0. The second kappa shape index (κ2) is 5.92. The fourth-order valence-corrected chi connectivity index (χ4v) is 1.49. The number of hydrogen-bond acceptors (Lipinski definition) is 1. The number of nitrogens with zero attached hydrogens (tertiary/aromatic N) is 3. The van der Waals surface area contributed by atoms with Crippen molar-refractivity contribution in [3.63, 3.8) is 0 Å². The fraction of sp³-hybridized carbons (Fsp3) is 0.267. The summed E-state index contributed by atoms with van der Waals surface area (Å²) in [7, 11) is 0. The molecule has 0 aliphatic carbocycles. The first kappa shape index (κ1) is 13.9. The Morgan fingerprint density at radius 1 is 1.39 bits per heavy atom. The molecule has 92 valence electrons. The first-order chi connectivity index (χ1) is 8.49. The van der Waals surface area contributed by atoms with E-state index in [9.17, 15) is 0 Å². The smallest absolute Gasteiger partial charge is 0.0453 e. The van der Waals surface area contributed by atoms with Crippen molar-refractivity contribution in [2.24, 2.45) is 10.5 Å². The fourth-order valence-electron chi connectivity index (χ4n) is 1.49. The standard InChI is InChI=1S/C15H17N3/c1-5-13(15(2,3)4)11-10-12-8-6-7-9-14(12)17-18-16/h5-10H,1H2,2-4H3. The SMILES string of the molecule is C=CC(=C=Cc1ccccc1N=[N+]=[N-])C(C)(C)C. The molecule has 3 heteroatoms. The van der Waals surface area contributed by atoms with E-state index in [1.165, 1.54) is 0 Å². The molecule has 0 saturated heterocycles. The highest BCUT2D eigenvalue weighted by atomic mass is 15.1. The Balaban J connectivity index is 3.29. The summed E-state index contributed by atoms with van der Waals surface area (Å²) < 4.78 is 0. The van der Waals surface area contributed by atoms with Gasteiger partial charge in [0.15, 0.2) is 0 Å². The summed E-state index contributed by atoms with van der Waals surface area (Å²) >= 11 is 0. The molecule has 1 rings (SSSR count). The lowest BCUT2D eigenvalue weighted by Gasteiger charge is -2.17. The van der Waals surface area contributed by atoms with E-state index in [2.05, 4.69) is 43.1 Å². The van der Waals surface area contributed by atoms with Gasteiger partial charge in [0.1, 0.15) is 0 Å². The molecule has 18 heavy (non-hydrogen) atoms. The van der Waals surface area contributed by atoms with Gasteiger partial charge in [-0.25, -0.2) is 0 Å². The van der Waals surface area contributed by atoms with Gasteiger partial charge in [-0.2, -0.15) is 0 Å². The molecule has 0 bridgehead atoms. The summed E-state index contributed by atoms with van der Waals surface area (Å²) in [6.45, 7) is 10.1. The summed E-state index contributed by atoms with van der Waals surface area (Å²) in [5, 5.41) is 3.65. The van der Waals surface area contributed by atoms with E-state index in [-0.39, 0.29) is 5.41 Å². The zero-order valence-corrected chi connectivity index (χ0v) is 11.0. The van der Waals surface area contributed by atoms with Crippen molar-refractivity contribution in [2.45, 2.75) is 20.8 Å². The highest BCUT2D eigenvalue weighted by Crippen LogP contribution is 2.26. The summed E-state index contributed by atoms with van der Waals surface area (Å²) in [4.78, 5) is 2.81. The van der Waals surface area contributed by atoms with Crippen LogP contribution in [0.15, 0.2) is 53.3 Å². The molecule has 0 radical (unpaired) electrons. The Kier molecular flexibility index (Phi) is 4.56. The topological polar surface area (TPSA) is 48.8 Å². The van der Waals surface area contributed by atoms with E-state index < -0.39 is 0 Å². The number of hydrogen-bond donors (Lipinski definition) is 0. The van der Waals surface area contributed by atoms with E-state index >= 15 is 0 Å². The molecule has 1 aromatic carbocycles. The average molecular weight is 239 g/mol. The van der Waals surface area contributed by atoms with E-state index in [1.54, 1.807) is 12.1 Å². The Morgan fingerprint density at radius 3 is 2.61 bits per heavy atom. The third kappa shape index (κ3) is 3.67. The second-order valence-corrected chi connectivity index (χ2v) is 4.90. The summed E-state index contributed by atoms with van der Waals surface area (Å²) in [5.41, 5.74) is 14.2. The monoisotopic (exact) mass is 239 g/mol. The molecule has 0 spiro atoms. The van der Waals surface area contributed by atoms with Gasteiger partial charge in [-0.05, 0) is 28.2 Å². The first-order valence-electron chi connectivity index (χ1n) is 5.73. The van der Waals surface area contributed by atoms with Gasteiger partial charge in [-0.15, -0.1) is 5.73 Å². The molecule has 1 aromatic rings. The molecule has 0 atom stereocenters. The van der Waals surface area contributed by atoms with Crippen LogP contribution in [-0.2, 0) is 0 Å². The van der Waals surface area contributed by atoms with Gasteiger partial charge in [0, 0.05) is 10.6 Å². The minimum atomic E-state index is -0.00824. The van der Waals surface area contributed by atoms with Crippen molar-refractivity contribution in [2.75, 3.05) is 0 Å². The van der Waals surface area contributed by atoms with Crippen LogP contribution in [0.3, 0.4) is 0 Å². The number of allylic oxidation sites excluding steroid dienone is 2. The van der Waals surface area contributed by atoms with Crippen LogP contribution in [0.5, 0.6) is 0 Å². The molecule has 0 amide bonds. The predicted molar refractivity (Wildman–Crippen MR) is 76.4 cm³/mol. The quantitative estimate of drug-likeness (QED) is 0.223. The minimum absolute atomic E-state index is 0.00824. The minimum Gasteiger partial charge on any atom is -0.116 e. The lowest BCUT2D eigenvalue weighted by atomic mass is 9.87. The maximum absolute atomic E-state index is 8.50. The third-order valence-electron chi connectivity index (χ3n) is 2.48. The molecular formula is C15H17N3. The van der Waals surface area contributed by atoms with E-state index in [4.69, 9.17) is 5.53 Å². The molecule has 0 unspecified atom stereocenters. The van der Waals surface area contributed by atoms with Crippen molar-refractivity contribution in [3.05, 3.63) is 64.2 Å². The molecule has 0 fully saturated rings. The highest BCUT2D eigenvalue weighted by molar-refractivity contribution is 5.63. The molecule has 0 saturated carbocycles. The number of benzene rings is 1. The second-order valence-electron chi connectivity index (χ2n) is 4.90. The van der Waals surface area contributed by atoms with Gasteiger partial charge < -0.3 is 0 Å². The van der Waals surface area contributed by atoms with Gasteiger partial charge in [-0.3, -0.25) is 0 Å². The summed E-state index contributed by atoms with van der Waals surface area (Å²) in [6, 6.07) is 7.40. The Labute approximate surface area is 108 Å². The molecule has 0 aromatic heterocycles. The molecule has 0 aliphatic rings. The van der Waals surface area contributed by atoms with Crippen LogP contribution in [0, 0.1) is 5.41 Å². The Morgan fingerprint density at radius 2 is 2.06 bits per heavy atom. The third-order valence-corrected chi connectivity index (χ3v) is 2.48. The van der Waals surface area contributed by atoms with Crippen LogP contribution in [0.1, 0.15) is 26.3 Å². The van der Waals surface area contributed by atoms with Gasteiger partial charge >= 0.3 is 0 Å².